The minimum Gasteiger partial charge on any atom is -0.481 e. The largest absolute Gasteiger partial charge is 0.481 e. The Bertz CT molecular complexity index is 1860. The number of carbonyl (C=O) groups is 4. The second kappa shape index (κ2) is 17.2. The molecule has 2 aromatic carbocycles. The molecule has 12 nitrogen and oxygen atoms in total. The molecule has 16 heteroatoms. The molecule has 4 aromatic rings. The van der Waals surface area contributed by atoms with Crippen LogP contribution in [0.1, 0.15) is 48.8 Å². The van der Waals surface area contributed by atoms with Crippen molar-refractivity contribution in [1.29, 1.82) is 10.5 Å². The van der Waals surface area contributed by atoms with Crippen molar-refractivity contribution in [3.8, 4) is 34.7 Å². The Morgan fingerprint density at radius 3 is 1.66 bits per heavy atom. The lowest BCUT2D eigenvalue weighted by Crippen LogP contribution is -2.16. The monoisotopic (exact) mass is 680 g/mol. The quantitative estimate of drug-likeness (QED) is 0.132. The third-order valence-electron chi connectivity index (χ3n) is 6.06. The number of nitrogens with one attached hydrogen (secondary N) is 2. The van der Waals surface area contributed by atoms with Crippen molar-refractivity contribution in [3.63, 3.8) is 0 Å². The van der Waals surface area contributed by atoms with E-state index >= 15 is 0 Å². The van der Waals surface area contributed by atoms with Gasteiger partial charge in [-0.3, -0.25) is 19.2 Å². The van der Waals surface area contributed by atoms with Crippen molar-refractivity contribution in [2.24, 2.45) is 5.92 Å². The van der Waals surface area contributed by atoms with Gasteiger partial charge in [0.15, 0.2) is 10.3 Å². The molecule has 47 heavy (non-hydrogen) atoms. The minimum atomic E-state index is -0.974. The summed E-state index contributed by atoms with van der Waals surface area (Å²) in [6.45, 7) is 1.65. The standard InChI is InChI=1S/C16H14FN3O3S.C15H12FN3O3S/c1-9(7-14(22)23)6-13(21)19-16-20-15(12(8-18)24-16)10-4-2-3-5-11(10)17;16-10-5-2-1-4-9(10)14-11(8-17)23-15(19-14)18-12(20)6-3-7-13(21)22/h2-5,9H,6-7H2,1H3,(H,22,23)(H,19,20,21);1-2,4-5H,3,6-7H2,(H,21,22)(H,18,19,20). The predicted octanol–water partition coefficient (Wildman–Crippen LogP) is 6.27. The van der Waals surface area contributed by atoms with Crippen molar-refractivity contribution in [3.05, 3.63) is 69.9 Å². The number of carboxylic acid groups (broad SMARTS) is 2. The summed E-state index contributed by atoms with van der Waals surface area (Å²) in [7, 11) is 0. The number of carbonyl (C=O) groups excluding carboxylic acids is 2. The van der Waals surface area contributed by atoms with Gasteiger partial charge in [0.2, 0.25) is 11.8 Å². The van der Waals surface area contributed by atoms with Crippen LogP contribution in [0.15, 0.2) is 48.5 Å². The molecule has 2 amide bonds. The summed E-state index contributed by atoms with van der Waals surface area (Å²) in [5.41, 5.74) is 0.725. The zero-order valence-electron chi connectivity index (χ0n) is 24.6. The molecule has 0 saturated carbocycles. The van der Waals surface area contributed by atoms with E-state index in [0.717, 1.165) is 22.7 Å². The van der Waals surface area contributed by atoms with E-state index in [1.807, 2.05) is 12.1 Å². The SMILES string of the molecule is CC(CC(=O)O)CC(=O)Nc1nc(-c2ccccc2F)c(C#N)s1.N#Cc1sc(NC(=O)CCCC(=O)O)nc1-c1ccccc1F. The number of halogens is 2. The highest BCUT2D eigenvalue weighted by molar-refractivity contribution is 7.17. The van der Waals surface area contributed by atoms with Gasteiger partial charge in [0.25, 0.3) is 0 Å². The second-order valence-electron chi connectivity index (χ2n) is 9.83. The van der Waals surface area contributed by atoms with Crippen LogP contribution in [0.3, 0.4) is 0 Å². The maximum Gasteiger partial charge on any atom is 0.303 e. The van der Waals surface area contributed by atoms with Crippen LogP contribution in [0, 0.1) is 40.2 Å². The van der Waals surface area contributed by atoms with Crippen LogP contribution >= 0.6 is 22.7 Å². The number of nitriles is 2. The first-order valence-corrected chi connectivity index (χ1v) is 15.4. The molecule has 1 unspecified atom stereocenters. The van der Waals surface area contributed by atoms with Gasteiger partial charge in [0, 0.05) is 36.8 Å². The van der Waals surface area contributed by atoms with Crippen LogP contribution < -0.4 is 10.6 Å². The molecule has 1 atom stereocenters. The van der Waals surface area contributed by atoms with Gasteiger partial charge in [0.05, 0.1) is 0 Å². The number of aliphatic carboxylic acids is 2. The van der Waals surface area contributed by atoms with Crippen LogP contribution in [0.25, 0.3) is 22.5 Å². The summed E-state index contributed by atoms with van der Waals surface area (Å²) >= 11 is 1.89. The Kier molecular flexibility index (Phi) is 13.1. The zero-order valence-corrected chi connectivity index (χ0v) is 26.3. The van der Waals surface area contributed by atoms with Crippen molar-refractivity contribution in [2.75, 3.05) is 10.6 Å². The highest BCUT2D eigenvalue weighted by Gasteiger charge is 2.19. The van der Waals surface area contributed by atoms with Gasteiger partial charge >= 0.3 is 11.9 Å². The van der Waals surface area contributed by atoms with Crippen LogP contribution in [0.5, 0.6) is 0 Å². The number of hydrogen-bond donors (Lipinski definition) is 4. The molecule has 0 saturated heterocycles. The fourth-order valence-corrected chi connectivity index (χ4v) is 5.60. The number of hydrogen-bond acceptors (Lipinski definition) is 10. The van der Waals surface area contributed by atoms with Gasteiger partial charge in [-0.05, 0) is 36.6 Å². The average molecular weight is 681 g/mol. The van der Waals surface area contributed by atoms with E-state index in [0.29, 0.717) is 0 Å². The predicted molar refractivity (Wildman–Crippen MR) is 169 cm³/mol. The average Bonchev–Trinajstić information content (AvgIpc) is 3.60. The number of nitrogens with zero attached hydrogens (tertiary/aromatic N) is 4. The number of carboxylic acids is 2. The van der Waals surface area contributed by atoms with Gasteiger partial charge in [-0.25, -0.2) is 18.7 Å². The summed E-state index contributed by atoms with van der Waals surface area (Å²) in [5.74, 6) is -4.09. The normalized spacial score (nSPS) is 10.8. The zero-order chi connectivity index (χ0) is 34.5. The first kappa shape index (κ1) is 35.9. The van der Waals surface area contributed by atoms with Gasteiger partial charge < -0.3 is 20.8 Å². The van der Waals surface area contributed by atoms with Gasteiger partial charge in [-0.15, -0.1) is 0 Å². The molecular formula is C31H26F2N6O6S2. The van der Waals surface area contributed by atoms with E-state index in [1.54, 1.807) is 19.1 Å². The molecule has 2 aromatic heterocycles. The lowest BCUT2D eigenvalue weighted by Gasteiger charge is -2.07. The third-order valence-corrected chi connectivity index (χ3v) is 7.81. The van der Waals surface area contributed by atoms with E-state index < -0.39 is 35.4 Å². The lowest BCUT2D eigenvalue weighted by atomic mass is 10.0. The fraction of sp³-hybridized carbons (Fsp3) is 0.226. The van der Waals surface area contributed by atoms with Crippen molar-refractivity contribution >= 4 is 56.7 Å². The molecule has 4 rings (SSSR count). The van der Waals surface area contributed by atoms with Crippen LogP contribution in [-0.4, -0.2) is 43.9 Å². The molecule has 0 fully saturated rings. The molecule has 2 heterocycles. The highest BCUT2D eigenvalue weighted by atomic mass is 32.1. The third kappa shape index (κ3) is 10.8. The molecule has 242 valence electrons. The van der Waals surface area contributed by atoms with E-state index in [-0.39, 0.29) is 80.6 Å². The Morgan fingerprint density at radius 2 is 1.23 bits per heavy atom. The Balaban J connectivity index is 0.000000256. The summed E-state index contributed by atoms with van der Waals surface area (Å²) in [4.78, 5) is 53.3. The van der Waals surface area contributed by atoms with E-state index in [4.69, 9.17) is 15.5 Å². The van der Waals surface area contributed by atoms with Crippen LogP contribution in [0.2, 0.25) is 0 Å². The van der Waals surface area contributed by atoms with Crippen LogP contribution in [-0.2, 0) is 19.2 Å². The Morgan fingerprint density at radius 1 is 0.766 bits per heavy atom. The minimum absolute atomic E-state index is 0.0167. The van der Waals surface area contributed by atoms with Crippen molar-refractivity contribution in [1.82, 2.24) is 9.97 Å². The van der Waals surface area contributed by atoms with E-state index in [2.05, 4.69) is 20.6 Å². The topological polar surface area (TPSA) is 206 Å². The number of rotatable bonds is 12. The first-order valence-electron chi connectivity index (χ1n) is 13.8. The number of amides is 2. The molecule has 0 aliphatic heterocycles. The maximum atomic E-state index is 13.9. The van der Waals surface area contributed by atoms with Crippen LogP contribution in [0.4, 0.5) is 19.0 Å². The van der Waals surface area contributed by atoms with Gasteiger partial charge in [0.1, 0.15) is 44.9 Å². The fourth-order valence-electron chi connectivity index (χ4n) is 4.01. The number of anilines is 2. The summed E-state index contributed by atoms with van der Waals surface area (Å²) in [5, 5.41) is 40.9. The lowest BCUT2D eigenvalue weighted by molar-refractivity contribution is -0.138. The van der Waals surface area contributed by atoms with Gasteiger partial charge in [-0.1, -0.05) is 53.9 Å². The Hall–Kier alpha value is -5.58. The van der Waals surface area contributed by atoms with E-state index in [1.165, 1.54) is 36.4 Å². The molecule has 0 bridgehead atoms. The first-order chi connectivity index (χ1) is 22.4. The second-order valence-corrected chi connectivity index (χ2v) is 11.8. The smallest absolute Gasteiger partial charge is 0.303 e. The number of aromatic nitrogens is 2. The molecule has 4 N–H and O–H groups in total. The number of benzene rings is 2. The summed E-state index contributed by atoms with van der Waals surface area (Å²) in [6, 6.07) is 15.7. The van der Waals surface area contributed by atoms with Gasteiger partial charge in [-0.2, -0.15) is 10.5 Å². The molecule has 0 spiro atoms. The molecule has 0 radical (unpaired) electrons. The van der Waals surface area contributed by atoms with Crippen molar-refractivity contribution in [2.45, 2.75) is 39.0 Å². The Labute approximate surface area is 275 Å². The molecule has 0 aliphatic carbocycles. The van der Waals surface area contributed by atoms with E-state index in [9.17, 15) is 33.2 Å². The summed E-state index contributed by atoms with van der Waals surface area (Å²) < 4.78 is 27.7. The van der Waals surface area contributed by atoms with Crippen molar-refractivity contribution < 1.29 is 38.2 Å². The number of thiazole rings is 2. The highest BCUT2D eigenvalue weighted by Crippen LogP contribution is 2.33. The summed E-state index contributed by atoms with van der Waals surface area (Å²) in [6.07, 6.45) is 0.0356. The molecule has 0 aliphatic rings. The maximum absolute atomic E-state index is 13.9. The molecular weight excluding hydrogens is 655 g/mol.